The molecule has 3 heteroatoms. The standard InChI is InChI=1S/2C6H15P.Ni/c2*1-3-5-7-6-4-2;/h2*7H,3-6H2,1-2H3;. The Hall–Kier alpha value is 1.35. The Balaban J connectivity index is -0.000000180. The molecule has 0 atom stereocenters. The van der Waals surface area contributed by atoms with Crippen LogP contribution in [0.15, 0.2) is 0 Å². The van der Waals surface area contributed by atoms with Crippen molar-refractivity contribution >= 4 is 17.2 Å². The van der Waals surface area contributed by atoms with Crippen LogP contribution in [-0.2, 0) is 16.5 Å². The van der Waals surface area contributed by atoms with Gasteiger partial charge in [-0.3, -0.25) is 0 Å². The zero-order valence-corrected chi connectivity index (χ0v) is 14.0. The van der Waals surface area contributed by atoms with E-state index in [1.807, 2.05) is 0 Å². The van der Waals surface area contributed by atoms with Gasteiger partial charge in [-0.05, 0) is 24.6 Å². The van der Waals surface area contributed by atoms with Gasteiger partial charge in [-0.25, -0.2) is 0 Å². The third-order valence-corrected chi connectivity index (χ3v) is 5.12. The van der Waals surface area contributed by atoms with Crippen LogP contribution >= 0.6 is 17.2 Å². The molecule has 0 radical (unpaired) electrons. The molecule has 0 N–H and O–H groups in total. The first kappa shape index (κ1) is 21.6. The molecule has 0 aromatic heterocycles. The van der Waals surface area contributed by atoms with Crippen LogP contribution in [0.3, 0.4) is 0 Å². The third kappa shape index (κ3) is 31.3. The first-order chi connectivity index (χ1) is 6.83. The van der Waals surface area contributed by atoms with Gasteiger partial charge < -0.3 is 0 Å². The molecular weight excluding hydrogens is 265 g/mol. The van der Waals surface area contributed by atoms with E-state index in [9.17, 15) is 0 Å². The normalized spacial score (nSPS) is 8.80. The van der Waals surface area contributed by atoms with Gasteiger partial charge in [-0.15, -0.1) is 17.2 Å². The number of rotatable bonds is 8. The maximum Gasteiger partial charge on any atom is 0 e. The van der Waals surface area contributed by atoms with Crippen LogP contribution in [0.2, 0.25) is 0 Å². The largest absolute Gasteiger partial charge is 0.122 e. The van der Waals surface area contributed by atoms with Crippen LogP contribution in [-0.4, -0.2) is 24.6 Å². The summed E-state index contributed by atoms with van der Waals surface area (Å²) in [6, 6.07) is 0. The van der Waals surface area contributed by atoms with E-state index in [4.69, 9.17) is 0 Å². The maximum absolute atomic E-state index is 2.25. The Labute approximate surface area is 112 Å². The molecule has 0 aliphatic rings. The number of hydrogen-bond donors (Lipinski definition) is 0. The van der Waals surface area contributed by atoms with Crippen LogP contribution in [0.4, 0.5) is 0 Å². The monoisotopic (exact) mass is 294 g/mol. The van der Waals surface area contributed by atoms with E-state index in [1.54, 1.807) is 0 Å². The summed E-state index contributed by atoms with van der Waals surface area (Å²) in [4.78, 5) is 0. The van der Waals surface area contributed by atoms with Crippen LogP contribution in [0.25, 0.3) is 0 Å². The van der Waals surface area contributed by atoms with Gasteiger partial charge in [-0.1, -0.05) is 53.4 Å². The fourth-order valence-corrected chi connectivity index (χ4v) is 2.87. The van der Waals surface area contributed by atoms with Crippen LogP contribution < -0.4 is 0 Å². The first-order valence-corrected chi connectivity index (χ1v) is 9.07. The third-order valence-electron chi connectivity index (χ3n) is 1.71. The Morgan fingerprint density at radius 3 is 0.867 bits per heavy atom. The van der Waals surface area contributed by atoms with Gasteiger partial charge in [0.05, 0.1) is 0 Å². The predicted octanol–water partition coefficient (Wildman–Crippen LogP) is 4.97. The minimum atomic E-state index is 0. The maximum atomic E-state index is 2.25. The van der Waals surface area contributed by atoms with Gasteiger partial charge in [0.25, 0.3) is 0 Å². The van der Waals surface area contributed by atoms with Crippen LogP contribution in [0.1, 0.15) is 53.4 Å². The van der Waals surface area contributed by atoms with Crippen molar-refractivity contribution in [2.24, 2.45) is 0 Å². The Morgan fingerprint density at radius 1 is 0.533 bits per heavy atom. The SMILES string of the molecule is CCCPCCC.CCCPCCC.[Ni]. The Kier molecular flexibility index (Phi) is 35.4. The van der Waals surface area contributed by atoms with Crippen LogP contribution in [0.5, 0.6) is 0 Å². The summed E-state index contributed by atoms with van der Waals surface area (Å²) in [5, 5.41) is 0. The van der Waals surface area contributed by atoms with E-state index >= 15 is 0 Å². The molecule has 0 spiro atoms. The van der Waals surface area contributed by atoms with Crippen molar-refractivity contribution in [3.05, 3.63) is 0 Å². The summed E-state index contributed by atoms with van der Waals surface area (Å²) in [5.74, 6) is 0. The summed E-state index contributed by atoms with van der Waals surface area (Å²) in [5.41, 5.74) is 0. The molecular formula is C12H30NiP2. The summed E-state index contributed by atoms with van der Waals surface area (Å²) in [7, 11) is 2.46. The number of hydrogen-bond acceptors (Lipinski definition) is 0. The zero-order chi connectivity index (χ0) is 11.1. The molecule has 0 bridgehead atoms. The van der Waals surface area contributed by atoms with Crippen molar-refractivity contribution in [2.75, 3.05) is 24.6 Å². The second-order valence-electron chi connectivity index (χ2n) is 3.50. The molecule has 0 aromatic rings. The Bertz CT molecular complexity index is 62.0. The minimum absolute atomic E-state index is 0. The van der Waals surface area contributed by atoms with E-state index in [0.29, 0.717) is 0 Å². The summed E-state index contributed by atoms with van der Waals surface area (Å²) in [6.07, 6.45) is 11.3. The van der Waals surface area contributed by atoms with Crippen molar-refractivity contribution < 1.29 is 16.5 Å². The molecule has 0 aromatic carbocycles. The molecule has 0 heterocycles. The van der Waals surface area contributed by atoms with Crippen molar-refractivity contribution in [2.45, 2.75) is 53.4 Å². The molecule has 0 aliphatic carbocycles. The second-order valence-corrected chi connectivity index (χ2v) is 6.50. The van der Waals surface area contributed by atoms with Gasteiger partial charge in [0, 0.05) is 16.5 Å². The molecule has 0 saturated carbocycles. The second kappa shape index (κ2) is 24.5. The van der Waals surface area contributed by atoms with Gasteiger partial charge in [-0.2, -0.15) is 0 Å². The molecule has 0 aliphatic heterocycles. The summed E-state index contributed by atoms with van der Waals surface area (Å²) < 4.78 is 0. The zero-order valence-electron chi connectivity index (χ0n) is 11.0. The van der Waals surface area contributed by atoms with Gasteiger partial charge in [0.15, 0.2) is 0 Å². The van der Waals surface area contributed by atoms with E-state index in [-0.39, 0.29) is 16.5 Å². The molecule has 0 fully saturated rings. The molecule has 0 unspecified atom stereocenters. The average molecular weight is 295 g/mol. The quantitative estimate of drug-likeness (QED) is 0.337. The molecule has 0 rings (SSSR count). The van der Waals surface area contributed by atoms with Gasteiger partial charge >= 0.3 is 0 Å². The van der Waals surface area contributed by atoms with E-state index in [0.717, 1.165) is 0 Å². The van der Waals surface area contributed by atoms with Crippen molar-refractivity contribution in [1.29, 1.82) is 0 Å². The van der Waals surface area contributed by atoms with Gasteiger partial charge in [0.2, 0.25) is 0 Å². The molecule has 0 saturated heterocycles. The van der Waals surface area contributed by atoms with Crippen LogP contribution in [0, 0.1) is 0 Å². The molecule has 0 amide bonds. The molecule has 98 valence electrons. The fraction of sp³-hybridized carbons (Fsp3) is 1.00. The predicted molar refractivity (Wildman–Crippen MR) is 77.3 cm³/mol. The minimum Gasteiger partial charge on any atom is -0.122 e. The average Bonchev–Trinajstić information content (AvgIpc) is 2.21. The fourth-order valence-electron chi connectivity index (χ4n) is 0.957. The van der Waals surface area contributed by atoms with E-state index < -0.39 is 0 Å². The molecule has 15 heavy (non-hydrogen) atoms. The Morgan fingerprint density at radius 2 is 0.733 bits per heavy atom. The molecule has 0 nitrogen and oxygen atoms in total. The van der Waals surface area contributed by atoms with E-state index in [2.05, 4.69) is 27.7 Å². The van der Waals surface area contributed by atoms with Crippen molar-refractivity contribution in [1.82, 2.24) is 0 Å². The van der Waals surface area contributed by atoms with Crippen molar-refractivity contribution in [3.8, 4) is 0 Å². The topological polar surface area (TPSA) is 0 Å². The summed E-state index contributed by atoms with van der Waals surface area (Å²) >= 11 is 0. The first-order valence-electron chi connectivity index (χ1n) is 6.24. The smallest absolute Gasteiger partial charge is 0 e. The van der Waals surface area contributed by atoms with Gasteiger partial charge in [0.1, 0.15) is 0 Å². The van der Waals surface area contributed by atoms with Crippen molar-refractivity contribution in [3.63, 3.8) is 0 Å². The van der Waals surface area contributed by atoms with E-state index in [1.165, 1.54) is 67.5 Å². The summed E-state index contributed by atoms with van der Waals surface area (Å²) in [6.45, 7) is 9.01.